The number of rotatable bonds is 11. The Hall–Kier alpha value is -3.31. The summed E-state index contributed by atoms with van der Waals surface area (Å²) in [5.41, 5.74) is 0.359. The highest BCUT2D eigenvalue weighted by atomic mass is 16.5. The van der Waals surface area contributed by atoms with Gasteiger partial charge < -0.3 is 19.5 Å². The van der Waals surface area contributed by atoms with Gasteiger partial charge in [-0.25, -0.2) is 0 Å². The van der Waals surface area contributed by atoms with E-state index in [0.717, 1.165) is 37.0 Å². The Balaban J connectivity index is 0.892. The number of hydrogen-bond donors (Lipinski definition) is 2. The topological polar surface area (TPSA) is 143 Å². The van der Waals surface area contributed by atoms with Gasteiger partial charge in [-0.2, -0.15) is 0 Å². The van der Waals surface area contributed by atoms with Crippen LogP contribution in [-0.4, -0.2) is 89.5 Å². The first-order valence-corrected chi connectivity index (χ1v) is 14.1. The lowest BCUT2D eigenvalue weighted by Crippen LogP contribution is -2.70. The summed E-state index contributed by atoms with van der Waals surface area (Å²) in [5.74, 6) is -1.44. The number of hydrogen-bond acceptors (Lipinski definition) is 8. The molecular formula is C29H35N3O8. The van der Waals surface area contributed by atoms with E-state index in [9.17, 15) is 29.1 Å². The van der Waals surface area contributed by atoms with Gasteiger partial charge in [0.05, 0.1) is 35.9 Å². The number of nitrogens with zero attached hydrogens (tertiary/aromatic N) is 2. The fraction of sp³-hybridized carbons (Fsp3) is 0.621. The summed E-state index contributed by atoms with van der Waals surface area (Å²) in [5, 5.41) is 11.7. The predicted octanol–water partition coefficient (Wildman–Crippen LogP) is 1.42. The van der Waals surface area contributed by atoms with Crippen molar-refractivity contribution in [3.05, 3.63) is 29.3 Å². The molecule has 2 bridgehead atoms. The number of carbonyl (C=O) groups is 5. The molecule has 1 aromatic rings. The summed E-state index contributed by atoms with van der Waals surface area (Å²) in [6, 6.07) is 3.89. The van der Waals surface area contributed by atoms with E-state index in [1.165, 1.54) is 12.1 Å². The van der Waals surface area contributed by atoms with E-state index in [4.69, 9.17) is 9.47 Å². The standard InChI is InChI=1S/C29H35N3O8/c1-31(17-10-18(33)11-17)27(38)29-13-28(14-29,15-29)16-39-8-2-3-9-40-19-4-5-20-21(12-19)26(37)32(25(20)36)22-6-7-23(34)30-24(22)35/h4-5,12,17-18,22,33H,2-3,6-11,13-16H2,1H3,(H,30,34,35)/t17-,18-,22?,28?,29?. The number of aliphatic hydroxyl groups excluding tert-OH is 1. The summed E-state index contributed by atoms with van der Waals surface area (Å²) in [7, 11) is 1.86. The maximum absolute atomic E-state index is 12.9. The zero-order valence-electron chi connectivity index (χ0n) is 22.6. The Labute approximate surface area is 232 Å². The molecule has 1 aromatic carbocycles. The van der Waals surface area contributed by atoms with Crippen LogP contribution in [0.1, 0.15) is 78.5 Å². The van der Waals surface area contributed by atoms with Crippen molar-refractivity contribution in [2.45, 2.75) is 76.0 Å². The molecule has 1 unspecified atom stereocenters. The number of unbranched alkanes of at least 4 members (excludes halogenated alkanes) is 1. The zero-order valence-corrected chi connectivity index (χ0v) is 22.6. The Morgan fingerprint density at radius 3 is 2.48 bits per heavy atom. The molecule has 1 atom stereocenters. The molecule has 5 fully saturated rings. The molecule has 11 heteroatoms. The van der Waals surface area contributed by atoms with Gasteiger partial charge >= 0.3 is 0 Å². The van der Waals surface area contributed by atoms with Crippen LogP contribution in [0.2, 0.25) is 0 Å². The van der Waals surface area contributed by atoms with Gasteiger partial charge in [-0.3, -0.25) is 34.2 Å². The highest BCUT2D eigenvalue weighted by molar-refractivity contribution is 6.23. The molecule has 4 saturated carbocycles. The van der Waals surface area contributed by atoms with Crippen molar-refractivity contribution < 1.29 is 38.6 Å². The maximum atomic E-state index is 12.9. The molecule has 5 amide bonds. The lowest BCUT2D eigenvalue weighted by atomic mass is 9.35. The number of carbonyl (C=O) groups excluding carboxylic acids is 5. The van der Waals surface area contributed by atoms with E-state index >= 15 is 0 Å². The molecule has 0 radical (unpaired) electrons. The van der Waals surface area contributed by atoms with Gasteiger partial charge in [0.1, 0.15) is 11.8 Å². The van der Waals surface area contributed by atoms with E-state index in [2.05, 4.69) is 5.32 Å². The second-order valence-corrected chi connectivity index (χ2v) is 12.3. The van der Waals surface area contributed by atoms with Crippen LogP contribution in [0.25, 0.3) is 0 Å². The van der Waals surface area contributed by atoms with Crippen LogP contribution in [0.15, 0.2) is 18.2 Å². The summed E-state index contributed by atoms with van der Waals surface area (Å²) < 4.78 is 11.7. The number of piperidine rings is 1. The number of fused-ring (bicyclic) bond motifs is 1. The largest absolute Gasteiger partial charge is 0.494 e. The first kappa shape index (κ1) is 26.9. The van der Waals surface area contributed by atoms with Gasteiger partial charge in [-0.15, -0.1) is 0 Å². The normalized spacial score (nSPS) is 32.0. The van der Waals surface area contributed by atoms with Crippen LogP contribution in [0.3, 0.4) is 0 Å². The minimum Gasteiger partial charge on any atom is -0.494 e. The molecule has 2 N–H and O–H groups in total. The number of imide groups is 2. The van der Waals surface area contributed by atoms with Crippen molar-refractivity contribution in [2.24, 2.45) is 10.8 Å². The SMILES string of the molecule is CN(C(=O)C12CC(COCCCCOc3ccc4c(c3)C(=O)N(C3CCC(=O)NC3=O)C4=O)(C1)C2)[C@H]1C[C@H](O)C1. The highest BCUT2D eigenvalue weighted by Crippen LogP contribution is 2.74. The van der Waals surface area contributed by atoms with Crippen molar-refractivity contribution in [3.63, 3.8) is 0 Å². The average molecular weight is 554 g/mol. The van der Waals surface area contributed by atoms with Crippen LogP contribution in [0.4, 0.5) is 0 Å². The highest BCUT2D eigenvalue weighted by Gasteiger charge is 2.72. The van der Waals surface area contributed by atoms with Crippen LogP contribution >= 0.6 is 0 Å². The summed E-state index contributed by atoms with van der Waals surface area (Å²) >= 11 is 0. The van der Waals surface area contributed by atoms with Crippen molar-refractivity contribution in [2.75, 3.05) is 26.9 Å². The van der Waals surface area contributed by atoms with Crippen molar-refractivity contribution in [3.8, 4) is 5.75 Å². The zero-order chi connectivity index (χ0) is 28.2. The molecule has 2 heterocycles. The van der Waals surface area contributed by atoms with Gasteiger partial charge in [0.25, 0.3) is 11.8 Å². The van der Waals surface area contributed by atoms with E-state index in [1.54, 1.807) is 6.07 Å². The van der Waals surface area contributed by atoms with Crippen LogP contribution in [0.5, 0.6) is 5.75 Å². The van der Waals surface area contributed by atoms with E-state index in [1.807, 2.05) is 11.9 Å². The van der Waals surface area contributed by atoms with Gasteiger partial charge in [0.15, 0.2) is 0 Å². The summed E-state index contributed by atoms with van der Waals surface area (Å²) in [4.78, 5) is 65.0. The Bertz CT molecular complexity index is 1250. The van der Waals surface area contributed by atoms with Crippen LogP contribution in [-0.2, 0) is 19.1 Å². The molecule has 7 rings (SSSR count). The number of aliphatic hydroxyl groups is 1. The third kappa shape index (κ3) is 4.49. The second kappa shape index (κ2) is 9.95. The summed E-state index contributed by atoms with van der Waals surface area (Å²) in [6.45, 7) is 1.69. The minimum absolute atomic E-state index is 0.0771. The molecule has 4 aliphatic carbocycles. The fourth-order valence-electron chi connectivity index (χ4n) is 7.12. The Morgan fingerprint density at radius 2 is 1.77 bits per heavy atom. The monoisotopic (exact) mass is 553 g/mol. The molecular weight excluding hydrogens is 518 g/mol. The average Bonchev–Trinajstić information content (AvgIpc) is 3.10. The third-order valence-electron chi connectivity index (χ3n) is 9.32. The fourth-order valence-corrected chi connectivity index (χ4v) is 7.12. The van der Waals surface area contributed by atoms with Crippen molar-refractivity contribution in [1.29, 1.82) is 0 Å². The summed E-state index contributed by atoms with van der Waals surface area (Å²) in [6.07, 6.45) is 5.52. The van der Waals surface area contributed by atoms with E-state index in [-0.39, 0.29) is 52.9 Å². The van der Waals surface area contributed by atoms with E-state index < -0.39 is 29.7 Å². The van der Waals surface area contributed by atoms with Gasteiger partial charge in [-0.1, -0.05) is 0 Å². The minimum atomic E-state index is -0.991. The molecule has 11 nitrogen and oxygen atoms in total. The Morgan fingerprint density at radius 1 is 1.07 bits per heavy atom. The number of benzene rings is 1. The second-order valence-electron chi connectivity index (χ2n) is 12.3. The Kier molecular flexibility index (Phi) is 6.69. The first-order chi connectivity index (χ1) is 19.1. The molecule has 1 saturated heterocycles. The van der Waals surface area contributed by atoms with Gasteiger partial charge in [-0.05, 0) is 75.0 Å². The lowest BCUT2D eigenvalue weighted by molar-refractivity contribution is -0.236. The van der Waals surface area contributed by atoms with Crippen molar-refractivity contribution >= 4 is 29.5 Å². The molecule has 40 heavy (non-hydrogen) atoms. The smallest absolute Gasteiger partial charge is 0.262 e. The third-order valence-corrected chi connectivity index (χ3v) is 9.32. The lowest BCUT2D eigenvalue weighted by Gasteiger charge is -2.70. The maximum Gasteiger partial charge on any atom is 0.262 e. The predicted molar refractivity (Wildman–Crippen MR) is 139 cm³/mol. The molecule has 2 aliphatic heterocycles. The first-order valence-electron chi connectivity index (χ1n) is 14.1. The van der Waals surface area contributed by atoms with E-state index in [0.29, 0.717) is 38.4 Å². The van der Waals surface area contributed by atoms with Crippen molar-refractivity contribution in [1.82, 2.24) is 15.1 Å². The quantitative estimate of drug-likeness (QED) is 0.310. The van der Waals surface area contributed by atoms with Crippen LogP contribution < -0.4 is 10.1 Å². The van der Waals surface area contributed by atoms with Gasteiger partial charge in [0.2, 0.25) is 17.7 Å². The molecule has 0 aromatic heterocycles. The molecule has 214 valence electrons. The molecule has 0 spiro atoms. The van der Waals surface area contributed by atoms with Gasteiger partial charge in [0, 0.05) is 26.1 Å². The number of ether oxygens (including phenoxy) is 2. The molecule has 6 aliphatic rings. The van der Waals surface area contributed by atoms with Crippen LogP contribution in [0, 0.1) is 10.8 Å². The number of amides is 5. The number of nitrogens with one attached hydrogen (secondary N) is 1.